The maximum absolute atomic E-state index is 5.92. The number of nitrogens with two attached hydrogens (primary N) is 1. The maximum Gasteiger partial charge on any atom is 0.126 e. The van der Waals surface area contributed by atoms with E-state index in [0.717, 1.165) is 29.8 Å². The predicted octanol–water partition coefficient (Wildman–Crippen LogP) is 3.14. The van der Waals surface area contributed by atoms with Crippen LogP contribution in [0.2, 0.25) is 0 Å². The van der Waals surface area contributed by atoms with Gasteiger partial charge >= 0.3 is 0 Å². The second kappa shape index (κ2) is 6.19. The van der Waals surface area contributed by atoms with Crippen molar-refractivity contribution in [2.45, 2.75) is 25.9 Å². The van der Waals surface area contributed by atoms with Crippen LogP contribution < -0.4 is 10.5 Å². The summed E-state index contributed by atoms with van der Waals surface area (Å²) in [5, 5.41) is 0. The van der Waals surface area contributed by atoms with E-state index < -0.39 is 0 Å². The number of para-hydroxylation sites is 1. The molecule has 3 nitrogen and oxygen atoms in total. The molecule has 0 amide bonds. The Morgan fingerprint density at radius 3 is 2.95 bits per heavy atom. The van der Waals surface area contributed by atoms with Crippen LogP contribution in [0, 0.1) is 6.92 Å². The van der Waals surface area contributed by atoms with Crippen molar-refractivity contribution in [1.29, 1.82) is 0 Å². The van der Waals surface area contributed by atoms with Gasteiger partial charge in [0.05, 0.1) is 13.2 Å². The molecule has 2 aromatic carbocycles. The van der Waals surface area contributed by atoms with Crippen molar-refractivity contribution >= 4 is 5.69 Å². The van der Waals surface area contributed by atoms with Crippen LogP contribution in [0.25, 0.3) is 0 Å². The Morgan fingerprint density at radius 2 is 2.10 bits per heavy atom. The van der Waals surface area contributed by atoms with E-state index in [9.17, 15) is 0 Å². The fourth-order valence-electron chi connectivity index (χ4n) is 2.70. The van der Waals surface area contributed by atoms with E-state index in [1.54, 1.807) is 0 Å². The van der Waals surface area contributed by atoms with Crippen LogP contribution in [0.5, 0.6) is 5.75 Å². The van der Waals surface area contributed by atoms with Gasteiger partial charge in [-0.15, -0.1) is 0 Å². The molecule has 0 aromatic heterocycles. The molecule has 1 heterocycles. The highest BCUT2D eigenvalue weighted by Crippen LogP contribution is 2.29. The summed E-state index contributed by atoms with van der Waals surface area (Å²) in [6.07, 6.45) is 1.91. The van der Waals surface area contributed by atoms with Crippen molar-refractivity contribution < 1.29 is 9.47 Å². The number of fused-ring (bicyclic) bond motifs is 1. The van der Waals surface area contributed by atoms with E-state index in [1.165, 1.54) is 11.1 Å². The summed E-state index contributed by atoms with van der Waals surface area (Å²) in [5.41, 5.74) is 10.5. The Kier molecular flexibility index (Phi) is 4.11. The lowest BCUT2D eigenvalue weighted by Gasteiger charge is -2.11. The second-order valence-electron chi connectivity index (χ2n) is 5.58. The van der Waals surface area contributed by atoms with Gasteiger partial charge in [-0.3, -0.25) is 0 Å². The first-order chi connectivity index (χ1) is 10.2. The third kappa shape index (κ3) is 3.37. The first-order valence-corrected chi connectivity index (χ1v) is 7.39. The monoisotopic (exact) mass is 283 g/mol. The van der Waals surface area contributed by atoms with E-state index in [0.29, 0.717) is 13.2 Å². The molecule has 2 aromatic rings. The zero-order valence-electron chi connectivity index (χ0n) is 12.3. The van der Waals surface area contributed by atoms with Crippen molar-refractivity contribution in [3.05, 3.63) is 59.2 Å². The molecule has 0 radical (unpaired) electrons. The van der Waals surface area contributed by atoms with Gasteiger partial charge < -0.3 is 15.2 Å². The number of benzene rings is 2. The van der Waals surface area contributed by atoms with Crippen molar-refractivity contribution in [3.8, 4) is 5.75 Å². The molecule has 0 fully saturated rings. The average molecular weight is 283 g/mol. The van der Waals surface area contributed by atoms with Gasteiger partial charge in [-0.2, -0.15) is 0 Å². The summed E-state index contributed by atoms with van der Waals surface area (Å²) in [4.78, 5) is 0. The summed E-state index contributed by atoms with van der Waals surface area (Å²) in [5.74, 6) is 1.00. The normalized spacial score (nSPS) is 16.5. The molecular weight excluding hydrogens is 262 g/mol. The van der Waals surface area contributed by atoms with Gasteiger partial charge in [0, 0.05) is 12.1 Å². The lowest BCUT2D eigenvalue weighted by molar-refractivity contribution is 0.0622. The molecule has 1 atom stereocenters. The van der Waals surface area contributed by atoms with Crippen LogP contribution in [0.1, 0.15) is 16.7 Å². The summed E-state index contributed by atoms with van der Waals surface area (Å²) in [6, 6.07) is 14.3. The van der Waals surface area contributed by atoms with E-state index in [2.05, 4.69) is 25.1 Å². The number of aryl methyl sites for hydroxylation is 1. The lowest BCUT2D eigenvalue weighted by Crippen LogP contribution is -2.21. The maximum atomic E-state index is 5.92. The quantitative estimate of drug-likeness (QED) is 0.677. The van der Waals surface area contributed by atoms with Gasteiger partial charge in [-0.25, -0.2) is 0 Å². The minimum Gasteiger partial charge on any atom is -0.487 e. The largest absolute Gasteiger partial charge is 0.487 e. The molecule has 2 N–H and O–H groups in total. The van der Waals surface area contributed by atoms with Gasteiger partial charge in [0.25, 0.3) is 0 Å². The van der Waals surface area contributed by atoms with Gasteiger partial charge in [-0.1, -0.05) is 35.9 Å². The van der Waals surface area contributed by atoms with E-state index in [4.69, 9.17) is 15.2 Å². The molecule has 1 unspecified atom stereocenters. The first-order valence-electron chi connectivity index (χ1n) is 7.39. The summed E-state index contributed by atoms with van der Waals surface area (Å²) in [6.45, 7) is 3.40. The van der Waals surface area contributed by atoms with E-state index in [1.807, 2.05) is 24.3 Å². The fourth-order valence-corrected chi connectivity index (χ4v) is 2.70. The van der Waals surface area contributed by atoms with Gasteiger partial charge in [0.2, 0.25) is 0 Å². The van der Waals surface area contributed by atoms with Crippen LogP contribution in [-0.4, -0.2) is 19.3 Å². The zero-order chi connectivity index (χ0) is 14.7. The molecule has 1 aliphatic heterocycles. The lowest BCUT2D eigenvalue weighted by atomic mass is 10.1. The molecule has 0 aliphatic carbocycles. The Labute approximate surface area is 125 Å². The van der Waals surface area contributed by atoms with Crippen molar-refractivity contribution in [3.63, 3.8) is 0 Å². The molecule has 21 heavy (non-hydrogen) atoms. The zero-order valence-corrected chi connectivity index (χ0v) is 12.3. The molecule has 0 saturated heterocycles. The van der Waals surface area contributed by atoms with Crippen LogP contribution in [-0.2, 0) is 17.6 Å². The summed E-state index contributed by atoms with van der Waals surface area (Å²) >= 11 is 0. The van der Waals surface area contributed by atoms with Crippen LogP contribution in [0.4, 0.5) is 5.69 Å². The number of rotatable bonds is 5. The van der Waals surface area contributed by atoms with Gasteiger partial charge in [0.15, 0.2) is 0 Å². The van der Waals surface area contributed by atoms with Gasteiger partial charge in [0.1, 0.15) is 11.9 Å². The highest BCUT2D eigenvalue weighted by atomic mass is 16.5. The highest BCUT2D eigenvalue weighted by molar-refractivity contribution is 5.46. The van der Waals surface area contributed by atoms with Crippen LogP contribution in [0.15, 0.2) is 42.5 Å². The van der Waals surface area contributed by atoms with Gasteiger partial charge in [-0.05, 0) is 36.6 Å². The smallest absolute Gasteiger partial charge is 0.126 e. The number of anilines is 1. The van der Waals surface area contributed by atoms with E-state index >= 15 is 0 Å². The van der Waals surface area contributed by atoms with Crippen molar-refractivity contribution in [2.75, 3.05) is 18.9 Å². The molecule has 110 valence electrons. The number of hydrogen-bond acceptors (Lipinski definition) is 3. The molecule has 3 rings (SSSR count). The third-order valence-electron chi connectivity index (χ3n) is 3.83. The second-order valence-corrected chi connectivity index (χ2v) is 5.58. The fraction of sp³-hybridized carbons (Fsp3) is 0.333. The summed E-state index contributed by atoms with van der Waals surface area (Å²) in [7, 11) is 0. The highest BCUT2D eigenvalue weighted by Gasteiger charge is 2.22. The topological polar surface area (TPSA) is 44.5 Å². The first kappa shape index (κ1) is 14.0. The average Bonchev–Trinajstić information content (AvgIpc) is 2.87. The Balaban J connectivity index is 1.44. The minimum absolute atomic E-state index is 0.134. The minimum atomic E-state index is 0.134. The standard InChI is InChI=1S/C18H21NO2/c1-13-6-7-18-15(10-13)11-16(21-18)12-20-9-8-14-4-2-3-5-17(14)19/h2-7,10,16H,8-9,11-12,19H2,1H3. The molecule has 0 saturated carbocycles. The van der Waals surface area contributed by atoms with Crippen molar-refractivity contribution in [2.24, 2.45) is 0 Å². The third-order valence-corrected chi connectivity index (χ3v) is 3.83. The Morgan fingerprint density at radius 1 is 1.24 bits per heavy atom. The Bertz CT molecular complexity index is 624. The molecular formula is C18H21NO2. The molecule has 0 spiro atoms. The summed E-state index contributed by atoms with van der Waals surface area (Å²) < 4.78 is 11.6. The van der Waals surface area contributed by atoms with Crippen LogP contribution >= 0.6 is 0 Å². The number of hydrogen-bond donors (Lipinski definition) is 1. The Hall–Kier alpha value is -2.00. The molecule has 3 heteroatoms. The SMILES string of the molecule is Cc1ccc2c(c1)CC(COCCc1ccccc1N)O2. The number of ether oxygens (including phenoxy) is 2. The number of nitrogen functional groups attached to an aromatic ring is 1. The molecule has 0 bridgehead atoms. The molecule has 1 aliphatic rings. The van der Waals surface area contributed by atoms with E-state index in [-0.39, 0.29) is 6.10 Å². The van der Waals surface area contributed by atoms with Crippen molar-refractivity contribution in [1.82, 2.24) is 0 Å². The predicted molar refractivity (Wildman–Crippen MR) is 84.7 cm³/mol. The van der Waals surface area contributed by atoms with Crippen LogP contribution in [0.3, 0.4) is 0 Å².